The van der Waals surface area contributed by atoms with Gasteiger partial charge in [0.1, 0.15) is 0 Å². The third-order valence-electron chi connectivity index (χ3n) is 6.19. The Morgan fingerprint density at radius 2 is 1.40 bits per heavy atom. The molecular formula is C24H41N. The molecule has 0 atom stereocenters. The molecule has 0 bridgehead atoms. The molecule has 0 unspecified atom stereocenters. The SMILES string of the molecule is CCCCCCCCCCN(Cc1ccccc1)C1(C)CCCCC1. The van der Waals surface area contributed by atoms with E-state index in [4.69, 9.17) is 0 Å². The number of rotatable bonds is 12. The average molecular weight is 344 g/mol. The van der Waals surface area contributed by atoms with Crippen LogP contribution in [0, 0.1) is 0 Å². The molecule has 1 heteroatoms. The normalized spacial score (nSPS) is 17.1. The molecule has 2 rings (SSSR count). The van der Waals surface area contributed by atoms with Crippen LogP contribution in [0.2, 0.25) is 0 Å². The van der Waals surface area contributed by atoms with Gasteiger partial charge in [0.15, 0.2) is 0 Å². The van der Waals surface area contributed by atoms with Crippen molar-refractivity contribution in [3.8, 4) is 0 Å². The van der Waals surface area contributed by atoms with Gasteiger partial charge >= 0.3 is 0 Å². The Morgan fingerprint density at radius 3 is 2.04 bits per heavy atom. The summed E-state index contributed by atoms with van der Waals surface area (Å²) >= 11 is 0. The first kappa shape index (κ1) is 20.5. The van der Waals surface area contributed by atoms with Gasteiger partial charge < -0.3 is 0 Å². The molecule has 25 heavy (non-hydrogen) atoms. The number of hydrogen-bond donors (Lipinski definition) is 0. The minimum atomic E-state index is 0.426. The third-order valence-corrected chi connectivity index (χ3v) is 6.19. The zero-order valence-corrected chi connectivity index (χ0v) is 16.9. The smallest absolute Gasteiger partial charge is 0.0239 e. The maximum atomic E-state index is 2.82. The third kappa shape index (κ3) is 7.52. The number of nitrogens with zero attached hydrogens (tertiary/aromatic N) is 1. The summed E-state index contributed by atoms with van der Waals surface area (Å²) in [7, 11) is 0. The first-order valence-corrected chi connectivity index (χ1v) is 11.0. The van der Waals surface area contributed by atoms with Gasteiger partial charge in [0, 0.05) is 12.1 Å². The minimum absolute atomic E-state index is 0.426. The van der Waals surface area contributed by atoms with Crippen LogP contribution in [0.1, 0.15) is 103 Å². The molecule has 1 saturated carbocycles. The van der Waals surface area contributed by atoms with Crippen molar-refractivity contribution in [3.05, 3.63) is 35.9 Å². The molecular weight excluding hydrogens is 302 g/mol. The molecule has 0 aliphatic heterocycles. The number of hydrogen-bond acceptors (Lipinski definition) is 1. The van der Waals surface area contributed by atoms with Gasteiger partial charge in [-0.15, -0.1) is 0 Å². The topological polar surface area (TPSA) is 3.24 Å². The van der Waals surface area contributed by atoms with Crippen molar-refractivity contribution >= 4 is 0 Å². The highest BCUT2D eigenvalue weighted by Gasteiger charge is 2.32. The highest BCUT2D eigenvalue weighted by Crippen LogP contribution is 2.34. The predicted octanol–water partition coefficient (Wildman–Crippen LogP) is 7.35. The van der Waals surface area contributed by atoms with Gasteiger partial charge in [-0.1, -0.05) is 101 Å². The van der Waals surface area contributed by atoms with Gasteiger partial charge in [-0.3, -0.25) is 4.90 Å². The van der Waals surface area contributed by atoms with E-state index in [0.717, 1.165) is 6.54 Å². The summed E-state index contributed by atoms with van der Waals surface area (Å²) in [6.45, 7) is 7.24. The second kappa shape index (κ2) is 11.7. The molecule has 0 saturated heterocycles. The second-order valence-electron chi connectivity index (χ2n) is 8.44. The molecule has 1 aliphatic carbocycles. The number of benzene rings is 1. The Bertz CT molecular complexity index is 433. The molecule has 0 heterocycles. The highest BCUT2D eigenvalue weighted by molar-refractivity contribution is 5.15. The van der Waals surface area contributed by atoms with Crippen LogP contribution in [0.3, 0.4) is 0 Å². The van der Waals surface area contributed by atoms with Crippen LogP contribution in [-0.4, -0.2) is 17.0 Å². The molecule has 1 aromatic rings. The van der Waals surface area contributed by atoms with Crippen LogP contribution in [0.5, 0.6) is 0 Å². The van der Waals surface area contributed by atoms with Crippen molar-refractivity contribution in [2.24, 2.45) is 0 Å². The van der Waals surface area contributed by atoms with Gasteiger partial charge in [0.2, 0.25) is 0 Å². The largest absolute Gasteiger partial charge is 0.294 e. The first-order chi connectivity index (χ1) is 12.2. The fourth-order valence-corrected chi connectivity index (χ4v) is 4.41. The molecule has 0 spiro atoms. The molecule has 0 aromatic heterocycles. The lowest BCUT2D eigenvalue weighted by Gasteiger charge is -2.44. The Balaban J connectivity index is 1.78. The van der Waals surface area contributed by atoms with E-state index in [9.17, 15) is 0 Å². The van der Waals surface area contributed by atoms with Crippen molar-refractivity contribution in [2.45, 2.75) is 109 Å². The summed E-state index contributed by atoms with van der Waals surface area (Å²) in [4.78, 5) is 2.82. The maximum absolute atomic E-state index is 2.82. The van der Waals surface area contributed by atoms with E-state index in [-0.39, 0.29) is 0 Å². The molecule has 0 N–H and O–H groups in total. The fourth-order valence-electron chi connectivity index (χ4n) is 4.41. The lowest BCUT2D eigenvalue weighted by Crippen LogP contribution is -2.47. The standard InChI is InChI=1S/C24H41N/c1-3-4-5-6-7-8-9-16-21-25(22-23-17-12-10-13-18-23)24(2)19-14-11-15-20-24/h10,12-13,17-18H,3-9,11,14-16,19-22H2,1-2H3. The lowest BCUT2D eigenvalue weighted by atomic mass is 9.81. The Hall–Kier alpha value is -0.820. The van der Waals surface area contributed by atoms with Crippen LogP contribution in [0.25, 0.3) is 0 Å². The van der Waals surface area contributed by atoms with Crippen molar-refractivity contribution in [1.29, 1.82) is 0 Å². The summed E-state index contributed by atoms with van der Waals surface area (Å²) in [5, 5.41) is 0. The van der Waals surface area contributed by atoms with Crippen LogP contribution in [-0.2, 0) is 6.54 Å². The summed E-state index contributed by atoms with van der Waals surface area (Å²) in [5.41, 5.74) is 1.91. The van der Waals surface area contributed by atoms with E-state index in [0.29, 0.717) is 5.54 Å². The lowest BCUT2D eigenvalue weighted by molar-refractivity contribution is 0.0564. The van der Waals surface area contributed by atoms with Crippen LogP contribution in [0.15, 0.2) is 30.3 Å². The Labute approximate surface area is 157 Å². The minimum Gasteiger partial charge on any atom is -0.294 e. The van der Waals surface area contributed by atoms with Crippen molar-refractivity contribution in [2.75, 3.05) is 6.54 Å². The summed E-state index contributed by atoms with van der Waals surface area (Å²) in [6.07, 6.45) is 18.3. The van der Waals surface area contributed by atoms with E-state index in [1.165, 1.54) is 95.6 Å². The van der Waals surface area contributed by atoms with Gasteiger partial charge in [0.25, 0.3) is 0 Å². The quantitative estimate of drug-likeness (QED) is 0.358. The van der Waals surface area contributed by atoms with Crippen LogP contribution < -0.4 is 0 Å². The van der Waals surface area contributed by atoms with Gasteiger partial charge in [-0.2, -0.15) is 0 Å². The zero-order chi connectivity index (χ0) is 17.8. The average Bonchev–Trinajstić information content (AvgIpc) is 2.64. The molecule has 0 radical (unpaired) electrons. The molecule has 142 valence electrons. The maximum Gasteiger partial charge on any atom is 0.0239 e. The Kier molecular flexibility index (Phi) is 9.61. The van der Waals surface area contributed by atoms with Crippen LogP contribution in [0.4, 0.5) is 0 Å². The van der Waals surface area contributed by atoms with Crippen molar-refractivity contribution in [1.82, 2.24) is 4.90 Å². The Morgan fingerprint density at radius 1 is 0.800 bits per heavy atom. The van der Waals surface area contributed by atoms with E-state index in [1.54, 1.807) is 0 Å². The summed E-state index contributed by atoms with van der Waals surface area (Å²) in [6, 6.07) is 11.1. The first-order valence-electron chi connectivity index (χ1n) is 11.0. The fraction of sp³-hybridized carbons (Fsp3) is 0.750. The zero-order valence-electron chi connectivity index (χ0n) is 16.9. The molecule has 1 fully saturated rings. The highest BCUT2D eigenvalue weighted by atomic mass is 15.2. The van der Waals surface area contributed by atoms with E-state index in [1.807, 2.05) is 0 Å². The van der Waals surface area contributed by atoms with Gasteiger partial charge in [0.05, 0.1) is 0 Å². The molecule has 1 aromatic carbocycles. The van der Waals surface area contributed by atoms with Gasteiger partial charge in [-0.25, -0.2) is 0 Å². The van der Waals surface area contributed by atoms with E-state index < -0.39 is 0 Å². The second-order valence-corrected chi connectivity index (χ2v) is 8.44. The van der Waals surface area contributed by atoms with E-state index >= 15 is 0 Å². The van der Waals surface area contributed by atoms with Crippen molar-refractivity contribution in [3.63, 3.8) is 0 Å². The number of unbranched alkanes of at least 4 members (excludes halogenated alkanes) is 7. The molecule has 0 amide bonds. The predicted molar refractivity (Wildman–Crippen MR) is 111 cm³/mol. The summed E-state index contributed by atoms with van der Waals surface area (Å²) < 4.78 is 0. The van der Waals surface area contributed by atoms with Gasteiger partial charge in [-0.05, 0) is 38.3 Å². The monoisotopic (exact) mass is 343 g/mol. The van der Waals surface area contributed by atoms with Crippen molar-refractivity contribution < 1.29 is 0 Å². The van der Waals surface area contributed by atoms with Crippen LogP contribution >= 0.6 is 0 Å². The molecule has 1 nitrogen and oxygen atoms in total. The molecule has 1 aliphatic rings. The van der Waals surface area contributed by atoms with E-state index in [2.05, 4.69) is 49.1 Å². The summed E-state index contributed by atoms with van der Waals surface area (Å²) in [5.74, 6) is 0.